The monoisotopic (exact) mass is 667 g/mol. The highest BCUT2D eigenvalue weighted by molar-refractivity contribution is 6.15. The Hall–Kier alpha value is -6.65. The molecule has 0 amide bonds. The van der Waals surface area contributed by atoms with Crippen molar-refractivity contribution in [3.63, 3.8) is 0 Å². The molecule has 0 spiro atoms. The molecular formula is C48H33N3O. The van der Waals surface area contributed by atoms with Crippen LogP contribution in [0.2, 0.25) is 0 Å². The quantitative estimate of drug-likeness (QED) is 0.183. The van der Waals surface area contributed by atoms with Crippen molar-refractivity contribution in [2.75, 3.05) is 0 Å². The zero-order chi connectivity index (χ0) is 34.6. The number of nitrogens with zero attached hydrogens (tertiary/aromatic N) is 3. The van der Waals surface area contributed by atoms with Gasteiger partial charge in [-0.25, -0.2) is 15.0 Å². The first kappa shape index (κ1) is 30.2. The maximum atomic E-state index is 6.54. The van der Waals surface area contributed by atoms with Gasteiger partial charge < -0.3 is 4.42 Å². The molecule has 7 aromatic carbocycles. The third kappa shape index (κ3) is 5.03. The van der Waals surface area contributed by atoms with E-state index in [1.165, 1.54) is 33.2 Å². The standard InChI is InChI=1S/C48H33N3O/c1-30-37-19-11-12-20-38(37)44-39(43(30)32-13-5-2-6-14-32)26-28-42-45(44)40-29-36(25-27-41(40)52-42)31-21-23-35(24-22-31)48-50-46(33-15-7-3-8-16-33)49-47(51-48)34-17-9-4-10-18-34/h2-30,43H,1H3. The van der Waals surface area contributed by atoms with Crippen LogP contribution in [-0.2, 0) is 0 Å². The highest BCUT2D eigenvalue weighted by Crippen LogP contribution is 2.53. The third-order valence-corrected chi connectivity index (χ3v) is 10.6. The number of hydrogen-bond donors (Lipinski definition) is 0. The molecule has 0 aliphatic heterocycles. The first-order valence-corrected chi connectivity index (χ1v) is 17.8. The van der Waals surface area contributed by atoms with Gasteiger partial charge in [-0.3, -0.25) is 0 Å². The van der Waals surface area contributed by atoms with Gasteiger partial charge in [0.05, 0.1) is 0 Å². The van der Waals surface area contributed by atoms with Crippen LogP contribution in [0.3, 0.4) is 0 Å². The molecule has 0 N–H and O–H groups in total. The molecule has 9 aromatic rings. The highest BCUT2D eigenvalue weighted by Gasteiger charge is 2.34. The van der Waals surface area contributed by atoms with Gasteiger partial charge in [-0.1, -0.05) is 159 Å². The first-order valence-electron chi connectivity index (χ1n) is 17.8. The fraction of sp³-hybridized carbons (Fsp3) is 0.0625. The Labute approximate surface area is 302 Å². The minimum Gasteiger partial charge on any atom is -0.456 e. The van der Waals surface area contributed by atoms with Crippen LogP contribution < -0.4 is 0 Å². The number of hydrogen-bond acceptors (Lipinski definition) is 4. The molecule has 0 radical (unpaired) electrons. The van der Waals surface area contributed by atoms with Crippen molar-refractivity contribution in [2.24, 2.45) is 0 Å². The predicted molar refractivity (Wildman–Crippen MR) is 211 cm³/mol. The molecule has 4 heteroatoms. The van der Waals surface area contributed by atoms with E-state index in [9.17, 15) is 0 Å². The van der Waals surface area contributed by atoms with Crippen LogP contribution in [-0.4, -0.2) is 15.0 Å². The Morgan fingerprint density at radius 2 is 0.962 bits per heavy atom. The lowest BCUT2D eigenvalue weighted by Crippen LogP contribution is -2.17. The van der Waals surface area contributed by atoms with Gasteiger partial charge in [0.2, 0.25) is 0 Å². The van der Waals surface area contributed by atoms with Crippen molar-refractivity contribution in [3.05, 3.63) is 187 Å². The van der Waals surface area contributed by atoms with E-state index in [-0.39, 0.29) is 5.92 Å². The van der Waals surface area contributed by atoms with Crippen LogP contribution >= 0.6 is 0 Å². The summed E-state index contributed by atoms with van der Waals surface area (Å²) < 4.78 is 6.54. The van der Waals surface area contributed by atoms with Gasteiger partial charge >= 0.3 is 0 Å². The number of benzene rings is 7. The fourth-order valence-corrected chi connectivity index (χ4v) is 8.06. The van der Waals surface area contributed by atoms with Gasteiger partial charge in [-0.05, 0) is 63.1 Å². The predicted octanol–water partition coefficient (Wildman–Crippen LogP) is 12.4. The Kier molecular flexibility index (Phi) is 7.14. The molecule has 4 nitrogen and oxygen atoms in total. The minimum absolute atomic E-state index is 0.247. The molecule has 10 rings (SSSR count). The number of furan rings is 1. The summed E-state index contributed by atoms with van der Waals surface area (Å²) in [5.41, 5.74) is 13.5. The van der Waals surface area contributed by atoms with Crippen LogP contribution in [0.4, 0.5) is 0 Å². The zero-order valence-electron chi connectivity index (χ0n) is 28.6. The van der Waals surface area contributed by atoms with Crippen molar-refractivity contribution in [1.29, 1.82) is 0 Å². The second-order valence-corrected chi connectivity index (χ2v) is 13.6. The number of aromatic nitrogens is 3. The van der Waals surface area contributed by atoms with Crippen LogP contribution in [0, 0.1) is 0 Å². The van der Waals surface area contributed by atoms with E-state index in [1.807, 2.05) is 60.7 Å². The number of fused-ring (bicyclic) bond motifs is 7. The van der Waals surface area contributed by atoms with Gasteiger partial charge in [0, 0.05) is 33.4 Å². The van der Waals surface area contributed by atoms with Gasteiger partial charge in [0.25, 0.3) is 0 Å². The van der Waals surface area contributed by atoms with E-state index in [0.29, 0.717) is 23.4 Å². The zero-order valence-corrected chi connectivity index (χ0v) is 28.6. The largest absolute Gasteiger partial charge is 0.456 e. The molecule has 246 valence electrons. The summed E-state index contributed by atoms with van der Waals surface area (Å²) in [5.74, 6) is 2.53. The molecule has 0 bridgehead atoms. The molecule has 2 atom stereocenters. The average Bonchev–Trinajstić information content (AvgIpc) is 3.60. The van der Waals surface area contributed by atoms with Crippen LogP contribution in [0.25, 0.3) is 78.4 Å². The maximum Gasteiger partial charge on any atom is 0.164 e. The SMILES string of the molecule is CC1c2ccccc2-c2c(ccc3oc4ccc(-c5ccc(-c6nc(-c7ccccc7)nc(-c7ccccc7)n6)cc5)cc4c23)C1c1ccccc1. The summed E-state index contributed by atoms with van der Waals surface area (Å²) in [5, 5.41) is 2.31. The van der Waals surface area contributed by atoms with Crippen molar-refractivity contribution < 1.29 is 4.42 Å². The average molecular weight is 668 g/mol. The summed E-state index contributed by atoms with van der Waals surface area (Å²) in [6.07, 6.45) is 0. The van der Waals surface area contributed by atoms with Gasteiger partial charge in [0.15, 0.2) is 17.5 Å². The van der Waals surface area contributed by atoms with Gasteiger partial charge in [-0.15, -0.1) is 0 Å². The summed E-state index contributed by atoms with van der Waals surface area (Å²) in [6, 6.07) is 59.5. The molecule has 1 aliphatic carbocycles. The van der Waals surface area contributed by atoms with Crippen LogP contribution in [0.1, 0.15) is 35.4 Å². The first-order chi connectivity index (χ1) is 25.7. The highest BCUT2D eigenvalue weighted by atomic mass is 16.3. The van der Waals surface area contributed by atoms with Crippen molar-refractivity contribution in [1.82, 2.24) is 15.0 Å². The molecule has 2 aromatic heterocycles. The Balaban J connectivity index is 1.09. The van der Waals surface area contributed by atoms with E-state index >= 15 is 0 Å². The van der Waals surface area contributed by atoms with Gasteiger partial charge in [-0.2, -0.15) is 0 Å². The fourth-order valence-electron chi connectivity index (χ4n) is 8.06. The van der Waals surface area contributed by atoms with Crippen LogP contribution in [0.15, 0.2) is 174 Å². The Morgan fingerprint density at radius 1 is 0.442 bits per heavy atom. The van der Waals surface area contributed by atoms with E-state index in [0.717, 1.165) is 44.4 Å². The summed E-state index contributed by atoms with van der Waals surface area (Å²) in [7, 11) is 0. The van der Waals surface area contributed by atoms with Crippen LogP contribution in [0.5, 0.6) is 0 Å². The minimum atomic E-state index is 0.247. The van der Waals surface area contributed by atoms with E-state index in [1.54, 1.807) is 0 Å². The molecule has 1 aliphatic rings. The lowest BCUT2D eigenvalue weighted by atomic mass is 9.69. The molecule has 0 fully saturated rings. The molecule has 52 heavy (non-hydrogen) atoms. The Morgan fingerprint density at radius 3 is 1.62 bits per heavy atom. The summed E-state index contributed by atoms with van der Waals surface area (Å²) >= 11 is 0. The van der Waals surface area contributed by atoms with Crippen molar-refractivity contribution in [3.8, 4) is 56.4 Å². The smallest absolute Gasteiger partial charge is 0.164 e. The molecule has 0 saturated heterocycles. The van der Waals surface area contributed by atoms with Gasteiger partial charge in [0.1, 0.15) is 11.2 Å². The Bertz CT molecular complexity index is 2680. The molecule has 2 unspecified atom stereocenters. The maximum absolute atomic E-state index is 6.54. The number of rotatable bonds is 5. The second-order valence-electron chi connectivity index (χ2n) is 13.6. The topological polar surface area (TPSA) is 51.8 Å². The van der Waals surface area contributed by atoms with E-state index in [2.05, 4.69) is 116 Å². The van der Waals surface area contributed by atoms with E-state index in [4.69, 9.17) is 19.4 Å². The van der Waals surface area contributed by atoms with Crippen molar-refractivity contribution in [2.45, 2.75) is 18.8 Å². The van der Waals surface area contributed by atoms with E-state index < -0.39 is 0 Å². The molecule has 2 heterocycles. The second kappa shape index (κ2) is 12.3. The summed E-state index contributed by atoms with van der Waals surface area (Å²) in [4.78, 5) is 14.7. The normalized spacial score (nSPS) is 15.0. The third-order valence-electron chi connectivity index (χ3n) is 10.6. The molecule has 0 saturated carbocycles. The molecular weight excluding hydrogens is 635 g/mol. The summed E-state index contributed by atoms with van der Waals surface area (Å²) in [6.45, 7) is 2.36. The lowest BCUT2D eigenvalue weighted by molar-refractivity contribution is 0.647. The lowest BCUT2D eigenvalue weighted by Gasteiger charge is -2.34. The van der Waals surface area contributed by atoms with Crippen molar-refractivity contribution >= 4 is 21.9 Å².